The van der Waals surface area contributed by atoms with Crippen LogP contribution in [0.3, 0.4) is 0 Å². The van der Waals surface area contributed by atoms with E-state index in [0.717, 1.165) is 14.7 Å². The standard InChI is InChI=1S/C24H16BrCl2IN2O2/c1-14-2-5-18(6-3-14)30-24(31)17(12-29)8-16-9-19(25)23(22(28)11-16)32-13-15-4-7-20(26)21(27)10-15/h2-11H,13H2,1H3,(H,30,31)/b17-8+. The second kappa shape index (κ2) is 11.2. The molecule has 0 saturated heterocycles. The van der Waals surface area contributed by atoms with Gasteiger partial charge < -0.3 is 10.1 Å². The number of nitrogens with one attached hydrogen (secondary N) is 1. The van der Waals surface area contributed by atoms with Gasteiger partial charge in [0.05, 0.1) is 18.1 Å². The van der Waals surface area contributed by atoms with Crippen molar-refractivity contribution in [2.75, 3.05) is 5.32 Å². The molecule has 0 spiro atoms. The predicted molar refractivity (Wildman–Crippen MR) is 141 cm³/mol. The van der Waals surface area contributed by atoms with Gasteiger partial charge >= 0.3 is 0 Å². The molecule has 0 saturated carbocycles. The highest BCUT2D eigenvalue weighted by atomic mass is 127. The summed E-state index contributed by atoms with van der Waals surface area (Å²) in [6.45, 7) is 2.27. The molecule has 0 heterocycles. The largest absolute Gasteiger partial charge is 0.487 e. The lowest BCUT2D eigenvalue weighted by Gasteiger charge is -2.12. The Bertz CT molecular complexity index is 1210. The summed E-state index contributed by atoms with van der Waals surface area (Å²) in [6, 6.07) is 18.3. The van der Waals surface area contributed by atoms with E-state index in [1.54, 1.807) is 36.4 Å². The Kier molecular flexibility index (Phi) is 8.60. The van der Waals surface area contributed by atoms with Crippen LogP contribution < -0.4 is 10.1 Å². The van der Waals surface area contributed by atoms with Gasteiger partial charge in [-0.3, -0.25) is 4.79 Å². The van der Waals surface area contributed by atoms with E-state index < -0.39 is 5.91 Å². The fourth-order valence-corrected chi connectivity index (χ4v) is 4.83. The number of carbonyl (C=O) groups excluding carboxylic acids is 1. The SMILES string of the molecule is Cc1ccc(NC(=O)/C(C#N)=C/c2cc(Br)c(OCc3ccc(Cl)c(Cl)c3)c(I)c2)cc1. The first-order valence-electron chi connectivity index (χ1n) is 9.32. The van der Waals surface area contributed by atoms with Crippen molar-refractivity contribution >= 4 is 79.4 Å². The van der Waals surface area contributed by atoms with Crippen molar-refractivity contribution in [1.29, 1.82) is 5.26 Å². The molecule has 4 nitrogen and oxygen atoms in total. The Labute approximate surface area is 218 Å². The maximum absolute atomic E-state index is 12.5. The molecule has 162 valence electrons. The minimum absolute atomic E-state index is 0.00208. The summed E-state index contributed by atoms with van der Waals surface area (Å²) < 4.78 is 7.47. The van der Waals surface area contributed by atoms with Crippen LogP contribution in [0.4, 0.5) is 5.69 Å². The number of amides is 1. The number of rotatable bonds is 6. The summed E-state index contributed by atoms with van der Waals surface area (Å²) >= 11 is 17.7. The third kappa shape index (κ3) is 6.48. The van der Waals surface area contributed by atoms with Gasteiger partial charge in [0.1, 0.15) is 24.0 Å². The Balaban J connectivity index is 1.76. The molecule has 0 aliphatic heterocycles. The number of carbonyl (C=O) groups is 1. The smallest absolute Gasteiger partial charge is 0.266 e. The van der Waals surface area contributed by atoms with E-state index in [0.29, 0.717) is 38.1 Å². The molecule has 3 aromatic rings. The molecule has 0 fully saturated rings. The highest BCUT2D eigenvalue weighted by Gasteiger charge is 2.13. The maximum atomic E-state index is 12.5. The second-order valence-electron chi connectivity index (χ2n) is 6.84. The summed E-state index contributed by atoms with van der Waals surface area (Å²) in [5, 5.41) is 13.2. The van der Waals surface area contributed by atoms with Gasteiger partial charge in [-0.25, -0.2) is 0 Å². The highest BCUT2D eigenvalue weighted by molar-refractivity contribution is 14.1. The summed E-state index contributed by atoms with van der Waals surface area (Å²) in [7, 11) is 0. The van der Waals surface area contributed by atoms with Crippen molar-refractivity contribution in [2.45, 2.75) is 13.5 Å². The van der Waals surface area contributed by atoms with Gasteiger partial charge in [0, 0.05) is 5.69 Å². The monoisotopic (exact) mass is 640 g/mol. The molecule has 32 heavy (non-hydrogen) atoms. The van der Waals surface area contributed by atoms with Crippen LogP contribution in [-0.2, 0) is 11.4 Å². The van der Waals surface area contributed by atoms with E-state index >= 15 is 0 Å². The maximum Gasteiger partial charge on any atom is 0.266 e. The molecular weight excluding hydrogens is 626 g/mol. The van der Waals surface area contributed by atoms with Crippen LogP contribution in [0, 0.1) is 21.8 Å². The van der Waals surface area contributed by atoms with Gasteiger partial charge in [0.2, 0.25) is 0 Å². The minimum Gasteiger partial charge on any atom is -0.487 e. The number of anilines is 1. The normalized spacial score (nSPS) is 11.1. The first kappa shape index (κ1) is 24.6. The predicted octanol–water partition coefficient (Wildman–Crippen LogP) is 7.79. The van der Waals surface area contributed by atoms with Crippen molar-refractivity contribution in [3.05, 3.63) is 94.9 Å². The molecule has 0 aliphatic rings. The van der Waals surface area contributed by atoms with E-state index in [9.17, 15) is 10.1 Å². The first-order valence-corrected chi connectivity index (χ1v) is 11.9. The van der Waals surface area contributed by atoms with Crippen LogP contribution in [0.2, 0.25) is 10.0 Å². The van der Waals surface area contributed by atoms with Crippen LogP contribution in [-0.4, -0.2) is 5.91 Å². The lowest BCUT2D eigenvalue weighted by atomic mass is 10.1. The van der Waals surface area contributed by atoms with E-state index in [-0.39, 0.29) is 5.57 Å². The minimum atomic E-state index is -0.470. The first-order chi connectivity index (χ1) is 15.3. The van der Waals surface area contributed by atoms with Crippen LogP contribution in [0.25, 0.3) is 6.08 Å². The highest BCUT2D eigenvalue weighted by Crippen LogP contribution is 2.34. The van der Waals surface area contributed by atoms with E-state index in [1.165, 1.54) is 0 Å². The molecule has 0 radical (unpaired) electrons. The number of halogens is 4. The quantitative estimate of drug-likeness (QED) is 0.170. The molecule has 1 N–H and O–H groups in total. The van der Waals surface area contributed by atoms with E-state index in [1.807, 2.05) is 37.3 Å². The lowest BCUT2D eigenvalue weighted by Crippen LogP contribution is -2.13. The van der Waals surface area contributed by atoms with E-state index in [2.05, 4.69) is 43.8 Å². The van der Waals surface area contributed by atoms with Crippen LogP contribution >= 0.6 is 61.7 Å². The molecular formula is C24H16BrCl2IN2O2. The summed E-state index contributed by atoms with van der Waals surface area (Å²) in [5.74, 6) is 0.180. The van der Waals surface area contributed by atoms with Gasteiger partial charge in [0.25, 0.3) is 5.91 Å². The summed E-state index contributed by atoms with van der Waals surface area (Å²) in [4.78, 5) is 12.5. The number of aryl methyl sites for hydroxylation is 1. The Morgan fingerprint density at radius 2 is 1.88 bits per heavy atom. The molecule has 0 bridgehead atoms. The van der Waals surface area contributed by atoms with Gasteiger partial charge in [-0.1, -0.05) is 47.0 Å². The Morgan fingerprint density at radius 3 is 2.50 bits per heavy atom. The van der Waals surface area contributed by atoms with Crippen molar-refractivity contribution in [1.82, 2.24) is 0 Å². The molecule has 0 atom stereocenters. The molecule has 0 aromatic heterocycles. The van der Waals surface area contributed by atoms with Crippen LogP contribution in [0.1, 0.15) is 16.7 Å². The fourth-order valence-electron chi connectivity index (χ4n) is 2.74. The fraction of sp³-hybridized carbons (Fsp3) is 0.0833. The molecule has 0 aliphatic carbocycles. The number of benzene rings is 3. The molecule has 8 heteroatoms. The molecule has 3 rings (SSSR count). The molecule has 0 unspecified atom stereocenters. The topological polar surface area (TPSA) is 62.1 Å². The second-order valence-corrected chi connectivity index (χ2v) is 9.67. The number of hydrogen-bond acceptors (Lipinski definition) is 3. The summed E-state index contributed by atoms with van der Waals surface area (Å²) in [5.41, 5.74) is 3.28. The number of hydrogen-bond donors (Lipinski definition) is 1. The van der Waals surface area contributed by atoms with Gasteiger partial charge in [-0.15, -0.1) is 0 Å². The van der Waals surface area contributed by atoms with E-state index in [4.69, 9.17) is 27.9 Å². The van der Waals surface area contributed by atoms with Gasteiger partial charge in [-0.05, 0) is 99.0 Å². The molecule has 3 aromatic carbocycles. The summed E-state index contributed by atoms with van der Waals surface area (Å²) in [6.07, 6.45) is 1.54. The Morgan fingerprint density at radius 1 is 1.16 bits per heavy atom. The van der Waals surface area contributed by atoms with Crippen molar-refractivity contribution in [2.24, 2.45) is 0 Å². The van der Waals surface area contributed by atoms with Crippen molar-refractivity contribution in [3.8, 4) is 11.8 Å². The average molecular weight is 642 g/mol. The van der Waals surface area contributed by atoms with Crippen LogP contribution in [0.5, 0.6) is 5.75 Å². The van der Waals surface area contributed by atoms with Crippen molar-refractivity contribution < 1.29 is 9.53 Å². The number of nitriles is 1. The zero-order valence-electron chi connectivity index (χ0n) is 16.8. The third-order valence-corrected chi connectivity index (χ3v) is 6.50. The zero-order valence-corrected chi connectivity index (χ0v) is 22.0. The number of ether oxygens (including phenoxy) is 1. The Hall–Kier alpha value is -2.05. The lowest BCUT2D eigenvalue weighted by molar-refractivity contribution is -0.112. The van der Waals surface area contributed by atoms with Crippen molar-refractivity contribution in [3.63, 3.8) is 0 Å². The van der Waals surface area contributed by atoms with Crippen LogP contribution in [0.15, 0.2) is 64.6 Å². The van der Waals surface area contributed by atoms with Gasteiger partial charge in [-0.2, -0.15) is 5.26 Å². The third-order valence-electron chi connectivity index (χ3n) is 4.37. The zero-order chi connectivity index (χ0) is 23.3. The molecule has 1 amide bonds. The van der Waals surface area contributed by atoms with Gasteiger partial charge in [0.15, 0.2) is 0 Å². The number of nitrogens with zero attached hydrogens (tertiary/aromatic N) is 1. The average Bonchev–Trinajstić information content (AvgIpc) is 2.75.